The first kappa shape index (κ1) is 23.1. The Morgan fingerprint density at radius 3 is 2.21 bits per heavy atom. The number of hydrogen-bond donors (Lipinski definition) is 1. The maximum Gasteiger partial charge on any atom is 0.119 e. The van der Waals surface area contributed by atoms with Gasteiger partial charge in [-0.1, -0.05) is 72.8 Å². The highest BCUT2D eigenvalue weighted by atomic mass is 16.5. The molecular formula is C29H34N2O2. The fourth-order valence-electron chi connectivity index (χ4n) is 5.57. The summed E-state index contributed by atoms with van der Waals surface area (Å²) >= 11 is 0. The van der Waals surface area contributed by atoms with E-state index in [1.165, 1.54) is 5.56 Å². The van der Waals surface area contributed by atoms with Crippen molar-refractivity contribution < 1.29 is 14.3 Å². The quantitative estimate of drug-likeness (QED) is 0.229. The molecule has 0 aliphatic carbocycles. The van der Waals surface area contributed by atoms with Gasteiger partial charge in [-0.15, -0.1) is 0 Å². The van der Waals surface area contributed by atoms with Gasteiger partial charge in [0.05, 0.1) is 38.7 Å². The molecule has 1 saturated heterocycles. The van der Waals surface area contributed by atoms with Crippen LogP contribution in [-0.2, 0) is 5.41 Å². The SMILES string of the molecule is Cc1cccc(OCCC[N+]2(C)CCC(C(C(=N)[O-])(c3ccccc3)c3ccccc3)C2)c1. The molecule has 4 rings (SSSR count). The number of likely N-dealkylation sites (tertiary alicyclic amines) is 1. The van der Waals surface area contributed by atoms with Crippen LogP contribution in [0.15, 0.2) is 84.9 Å². The molecule has 1 N–H and O–H groups in total. The molecule has 172 valence electrons. The third-order valence-electron chi connectivity index (χ3n) is 7.21. The summed E-state index contributed by atoms with van der Waals surface area (Å²) in [5.74, 6) is 0.486. The monoisotopic (exact) mass is 442 g/mol. The molecule has 1 aliphatic rings. The van der Waals surface area contributed by atoms with E-state index in [1.807, 2.05) is 72.8 Å². The van der Waals surface area contributed by atoms with Crippen LogP contribution in [0.5, 0.6) is 5.75 Å². The summed E-state index contributed by atoms with van der Waals surface area (Å²) in [4.78, 5) is 0. The molecular weight excluding hydrogens is 408 g/mol. The molecule has 1 aliphatic heterocycles. The smallest absolute Gasteiger partial charge is 0.119 e. The van der Waals surface area contributed by atoms with Crippen LogP contribution in [0.2, 0.25) is 0 Å². The second-order valence-corrected chi connectivity index (χ2v) is 9.62. The number of rotatable bonds is 9. The van der Waals surface area contributed by atoms with Crippen molar-refractivity contribution in [2.75, 3.05) is 33.3 Å². The summed E-state index contributed by atoms with van der Waals surface area (Å²) in [7, 11) is 2.28. The Morgan fingerprint density at radius 1 is 1.00 bits per heavy atom. The van der Waals surface area contributed by atoms with Crippen molar-refractivity contribution in [3.63, 3.8) is 0 Å². The third kappa shape index (κ3) is 4.81. The zero-order valence-electron chi connectivity index (χ0n) is 19.7. The first-order chi connectivity index (χ1) is 15.9. The molecule has 1 heterocycles. The fraction of sp³-hybridized carbons (Fsp3) is 0.345. The van der Waals surface area contributed by atoms with Gasteiger partial charge in [0, 0.05) is 18.8 Å². The van der Waals surface area contributed by atoms with Crippen LogP contribution in [0.25, 0.3) is 0 Å². The van der Waals surface area contributed by atoms with E-state index in [1.54, 1.807) is 0 Å². The van der Waals surface area contributed by atoms with Crippen LogP contribution in [0, 0.1) is 18.3 Å². The maximum atomic E-state index is 13.1. The third-order valence-corrected chi connectivity index (χ3v) is 7.21. The number of benzene rings is 3. The second kappa shape index (κ2) is 9.80. The Bertz CT molecular complexity index is 1030. The lowest BCUT2D eigenvalue weighted by atomic mass is 9.65. The van der Waals surface area contributed by atoms with Crippen LogP contribution >= 0.6 is 0 Å². The molecule has 3 aromatic rings. The van der Waals surface area contributed by atoms with Gasteiger partial charge in [-0.2, -0.15) is 0 Å². The zero-order chi connectivity index (χ0) is 23.3. The van der Waals surface area contributed by atoms with Crippen molar-refractivity contribution in [2.45, 2.75) is 25.2 Å². The minimum atomic E-state index is -0.934. The van der Waals surface area contributed by atoms with Gasteiger partial charge in [-0.3, -0.25) is 0 Å². The zero-order valence-corrected chi connectivity index (χ0v) is 19.7. The molecule has 0 amide bonds. The summed E-state index contributed by atoms with van der Waals surface area (Å²) in [5.41, 5.74) is 2.12. The molecule has 33 heavy (non-hydrogen) atoms. The number of nitrogens with zero attached hydrogens (tertiary/aromatic N) is 1. The minimum Gasteiger partial charge on any atom is -0.861 e. The summed E-state index contributed by atoms with van der Waals surface area (Å²) in [6, 6.07) is 28.0. The molecule has 3 aromatic carbocycles. The summed E-state index contributed by atoms with van der Waals surface area (Å²) in [5, 5.41) is 21.6. The Labute approximate surface area is 197 Å². The standard InChI is InChI=1S/C29H34N2O2/c1-23-11-9-16-27(21-23)33-20-10-18-31(2)19-17-26(22-31)29(28(30)32,24-12-5-3-6-13-24)25-14-7-4-8-15-25/h3-9,11-16,21,26H,10,17-20,22H2,1-2H3,(H-,30,32). The largest absolute Gasteiger partial charge is 0.861 e. The highest BCUT2D eigenvalue weighted by molar-refractivity contribution is 5.87. The predicted octanol–water partition coefficient (Wildman–Crippen LogP) is 4.55. The van der Waals surface area contributed by atoms with Crippen LogP contribution in [0.1, 0.15) is 29.5 Å². The van der Waals surface area contributed by atoms with Crippen molar-refractivity contribution in [3.05, 3.63) is 102 Å². The lowest BCUT2D eigenvalue weighted by Gasteiger charge is -2.43. The molecule has 4 nitrogen and oxygen atoms in total. The van der Waals surface area contributed by atoms with Gasteiger partial charge < -0.3 is 19.7 Å². The first-order valence-electron chi connectivity index (χ1n) is 11.8. The van der Waals surface area contributed by atoms with Crippen LogP contribution in [0.4, 0.5) is 0 Å². The molecule has 0 spiro atoms. The van der Waals surface area contributed by atoms with Gasteiger partial charge >= 0.3 is 0 Å². The van der Waals surface area contributed by atoms with Crippen LogP contribution in [-0.4, -0.2) is 43.7 Å². The average Bonchev–Trinajstić information content (AvgIpc) is 3.21. The highest BCUT2D eigenvalue weighted by Gasteiger charge is 2.49. The van der Waals surface area contributed by atoms with Gasteiger partial charge in [-0.25, -0.2) is 0 Å². The number of nitrogens with one attached hydrogen (secondary N) is 1. The Balaban J connectivity index is 1.52. The van der Waals surface area contributed by atoms with E-state index in [-0.39, 0.29) is 5.92 Å². The Morgan fingerprint density at radius 2 is 1.64 bits per heavy atom. The van der Waals surface area contributed by atoms with Crippen molar-refractivity contribution in [3.8, 4) is 5.75 Å². The Hall–Kier alpha value is -3.11. The summed E-state index contributed by atoms with van der Waals surface area (Å²) in [6.45, 7) is 5.63. The lowest BCUT2D eigenvalue weighted by Crippen LogP contribution is -2.52. The van der Waals surface area contributed by atoms with E-state index in [4.69, 9.17) is 10.1 Å². The number of quaternary nitrogens is 1. The second-order valence-electron chi connectivity index (χ2n) is 9.62. The van der Waals surface area contributed by atoms with Crippen molar-refractivity contribution in [1.29, 1.82) is 5.41 Å². The maximum absolute atomic E-state index is 13.1. The average molecular weight is 443 g/mol. The van der Waals surface area contributed by atoms with Gasteiger partial charge in [0.1, 0.15) is 5.75 Å². The van der Waals surface area contributed by atoms with Gasteiger partial charge in [0.15, 0.2) is 0 Å². The molecule has 2 atom stereocenters. The van der Waals surface area contributed by atoms with Gasteiger partial charge in [0.2, 0.25) is 0 Å². The number of ether oxygens (including phenoxy) is 1. The van der Waals surface area contributed by atoms with Crippen molar-refractivity contribution in [1.82, 2.24) is 0 Å². The van der Waals surface area contributed by atoms with E-state index < -0.39 is 11.3 Å². The molecule has 2 unspecified atom stereocenters. The molecule has 0 bridgehead atoms. The molecule has 0 aromatic heterocycles. The molecule has 0 saturated carbocycles. The van der Waals surface area contributed by atoms with Gasteiger partial charge in [0.25, 0.3) is 0 Å². The summed E-state index contributed by atoms with van der Waals surface area (Å²) in [6.07, 6.45) is 1.87. The minimum absolute atomic E-state index is 0.0787. The van der Waals surface area contributed by atoms with Crippen molar-refractivity contribution >= 4 is 5.90 Å². The van der Waals surface area contributed by atoms with E-state index in [0.717, 1.165) is 53.8 Å². The van der Waals surface area contributed by atoms with E-state index in [2.05, 4.69) is 26.1 Å². The van der Waals surface area contributed by atoms with Gasteiger partial charge in [-0.05, 0) is 41.6 Å². The topological polar surface area (TPSA) is 56.1 Å². The highest BCUT2D eigenvalue weighted by Crippen LogP contribution is 2.45. The number of hydrogen-bond acceptors (Lipinski definition) is 3. The van der Waals surface area contributed by atoms with E-state index in [9.17, 15) is 5.11 Å². The normalized spacial score (nSPS) is 20.5. The van der Waals surface area contributed by atoms with Crippen LogP contribution in [0.3, 0.4) is 0 Å². The Kier molecular flexibility index (Phi) is 6.85. The van der Waals surface area contributed by atoms with E-state index >= 15 is 0 Å². The predicted molar refractivity (Wildman–Crippen MR) is 132 cm³/mol. The lowest BCUT2D eigenvalue weighted by molar-refractivity contribution is -0.899. The molecule has 1 fully saturated rings. The molecule has 4 heteroatoms. The molecule has 0 radical (unpaired) electrons. The number of aryl methyl sites for hydroxylation is 1. The van der Waals surface area contributed by atoms with Crippen molar-refractivity contribution in [2.24, 2.45) is 5.92 Å². The van der Waals surface area contributed by atoms with E-state index in [0.29, 0.717) is 6.61 Å². The fourth-order valence-corrected chi connectivity index (χ4v) is 5.57. The van der Waals surface area contributed by atoms with Crippen LogP contribution < -0.4 is 9.84 Å². The first-order valence-corrected chi connectivity index (χ1v) is 11.8. The summed E-state index contributed by atoms with van der Waals surface area (Å²) < 4.78 is 6.87.